The normalized spacial score (nSPS) is 29.1. The predicted molar refractivity (Wildman–Crippen MR) is 77.6 cm³/mol. The molecule has 20 heavy (non-hydrogen) atoms. The molecular weight excluding hydrogens is 256 g/mol. The van der Waals surface area contributed by atoms with Crippen LogP contribution in [0.5, 0.6) is 0 Å². The minimum Gasteiger partial charge on any atom is -0.460 e. The number of carbonyl (C=O) groups is 1. The number of hydrogen-bond donors (Lipinski definition) is 1. The predicted octanol–water partition coefficient (Wildman–Crippen LogP) is 1.03. The Kier molecular flexibility index (Phi) is 5.41. The zero-order chi connectivity index (χ0) is 14.6. The maximum atomic E-state index is 11.9. The zero-order valence-corrected chi connectivity index (χ0v) is 13.0. The summed E-state index contributed by atoms with van der Waals surface area (Å²) in [6.07, 6.45) is 1.59. The molecule has 0 saturated carbocycles. The van der Waals surface area contributed by atoms with Crippen LogP contribution in [0.4, 0.5) is 0 Å². The van der Waals surface area contributed by atoms with E-state index in [0.717, 1.165) is 45.8 Å². The summed E-state index contributed by atoms with van der Waals surface area (Å²) < 4.78 is 10.8. The van der Waals surface area contributed by atoms with Crippen molar-refractivity contribution >= 4 is 5.97 Å². The molecule has 0 aromatic carbocycles. The Bertz CT molecular complexity index is 322. The molecule has 0 amide bonds. The van der Waals surface area contributed by atoms with E-state index in [-0.39, 0.29) is 11.6 Å². The third-order valence-electron chi connectivity index (χ3n) is 3.86. The summed E-state index contributed by atoms with van der Waals surface area (Å²) in [5.74, 6) is 0.304. The van der Waals surface area contributed by atoms with Crippen molar-refractivity contribution in [3.05, 3.63) is 0 Å². The van der Waals surface area contributed by atoms with Gasteiger partial charge in [-0.1, -0.05) is 0 Å². The minimum atomic E-state index is -0.386. The van der Waals surface area contributed by atoms with Gasteiger partial charge in [-0.25, -0.2) is 0 Å². The molecule has 0 aromatic rings. The topological polar surface area (TPSA) is 50.8 Å². The number of nitrogens with zero attached hydrogens (tertiary/aromatic N) is 1. The maximum absolute atomic E-state index is 11.9. The van der Waals surface area contributed by atoms with Crippen LogP contribution in [0.3, 0.4) is 0 Å². The fraction of sp³-hybridized carbons (Fsp3) is 0.933. The standard InChI is InChI=1S/C15H28N2O3/c1-15(2,3)20-14(18)9-12-8-13(11-16-10-12)17-4-6-19-7-5-17/h12-13,16H,4-11H2,1-3H3/t12-,13+/m1/s1. The van der Waals surface area contributed by atoms with Crippen LogP contribution in [-0.2, 0) is 14.3 Å². The second-order valence-corrected chi connectivity index (χ2v) is 6.85. The van der Waals surface area contributed by atoms with Crippen molar-refractivity contribution in [1.82, 2.24) is 10.2 Å². The van der Waals surface area contributed by atoms with E-state index in [1.165, 1.54) is 0 Å². The fourth-order valence-corrected chi connectivity index (χ4v) is 3.00. The summed E-state index contributed by atoms with van der Waals surface area (Å²) in [7, 11) is 0. The molecule has 116 valence electrons. The fourth-order valence-electron chi connectivity index (χ4n) is 3.00. The van der Waals surface area contributed by atoms with Crippen LogP contribution < -0.4 is 5.32 Å². The Morgan fingerprint density at radius 3 is 2.65 bits per heavy atom. The number of carbonyl (C=O) groups excluding carboxylic acids is 1. The Morgan fingerprint density at radius 2 is 2.00 bits per heavy atom. The van der Waals surface area contributed by atoms with E-state index < -0.39 is 0 Å². The van der Waals surface area contributed by atoms with Crippen LogP contribution in [0.1, 0.15) is 33.6 Å². The van der Waals surface area contributed by atoms with Crippen LogP contribution in [0, 0.1) is 5.92 Å². The maximum Gasteiger partial charge on any atom is 0.306 e. The summed E-state index contributed by atoms with van der Waals surface area (Å²) in [6, 6.07) is 0.528. The molecule has 2 heterocycles. The Labute approximate surface area is 122 Å². The molecule has 2 aliphatic rings. The summed E-state index contributed by atoms with van der Waals surface area (Å²) in [5.41, 5.74) is -0.386. The van der Waals surface area contributed by atoms with Gasteiger partial charge in [0.1, 0.15) is 5.60 Å². The molecular formula is C15H28N2O3. The first-order valence-corrected chi connectivity index (χ1v) is 7.68. The van der Waals surface area contributed by atoms with Crippen molar-refractivity contribution in [3.8, 4) is 0 Å². The molecule has 0 unspecified atom stereocenters. The number of rotatable bonds is 3. The smallest absolute Gasteiger partial charge is 0.306 e. The van der Waals surface area contributed by atoms with Crippen LogP contribution >= 0.6 is 0 Å². The lowest BCUT2D eigenvalue weighted by Gasteiger charge is -2.39. The number of piperidine rings is 1. The lowest BCUT2D eigenvalue weighted by Crippen LogP contribution is -2.52. The highest BCUT2D eigenvalue weighted by Crippen LogP contribution is 2.21. The second kappa shape index (κ2) is 6.87. The quantitative estimate of drug-likeness (QED) is 0.785. The molecule has 2 fully saturated rings. The Balaban J connectivity index is 1.79. The molecule has 5 nitrogen and oxygen atoms in total. The van der Waals surface area contributed by atoms with Gasteiger partial charge in [0.25, 0.3) is 0 Å². The average Bonchev–Trinajstić information content (AvgIpc) is 2.38. The van der Waals surface area contributed by atoms with Crippen molar-refractivity contribution < 1.29 is 14.3 Å². The SMILES string of the molecule is CC(C)(C)OC(=O)C[C@@H]1CNC[C@@H](N2CCOCC2)C1. The molecule has 2 saturated heterocycles. The second-order valence-electron chi connectivity index (χ2n) is 6.85. The zero-order valence-electron chi connectivity index (χ0n) is 13.0. The van der Waals surface area contributed by atoms with E-state index in [1.807, 2.05) is 20.8 Å². The van der Waals surface area contributed by atoms with Crippen LogP contribution in [-0.4, -0.2) is 61.9 Å². The van der Waals surface area contributed by atoms with Gasteiger partial charge >= 0.3 is 5.97 Å². The van der Waals surface area contributed by atoms with E-state index in [0.29, 0.717) is 18.4 Å². The molecule has 0 aromatic heterocycles. The van der Waals surface area contributed by atoms with Crippen LogP contribution in [0.25, 0.3) is 0 Å². The molecule has 0 aliphatic carbocycles. The third-order valence-corrected chi connectivity index (χ3v) is 3.86. The van der Waals surface area contributed by atoms with Gasteiger partial charge in [0.2, 0.25) is 0 Å². The number of esters is 1. The van der Waals surface area contributed by atoms with E-state index in [9.17, 15) is 4.79 Å². The molecule has 0 bridgehead atoms. The summed E-state index contributed by atoms with van der Waals surface area (Å²) >= 11 is 0. The van der Waals surface area contributed by atoms with Crippen LogP contribution in [0.2, 0.25) is 0 Å². The van der Waals surface area contributed by atoms with Crippen molar-refractivity contribution in [1.29, 1.82) is 0 Å². The largest absolute Gasteiger partial charge is 0.460 e. The van der Waals surface area contributed by atoms with Crippen LogP contribution in [0.15, 0.2) is 0 Å². The van der Waals surface area contributed by atoms with Gasteiger partial charge < -0.3 is 14.8 Å². The number of ether oxygens (including phenoxy) is 2. The highest BCUT2D eigenvalue weighted by molar-refractivity contribution is 5.70. The van der Waals surface area contributed by atoms with Gasteiger partial charge in [0.05, 0.1) is 13.2 Å². The molecule has 2 atom stereocenters. The van der Waals surface area contributed by atoms with Crippen molar-refractivity contribution in [2.24, 2.45) is 5.92 Å². The monoisotopic (exact) mass is 284 g/mol. The lowest BCUT2D eigenvalue weighted by atomic mass is 9.91. The highest BCUT2D eigenvalue weighted by atomic mass is 16.6. The molecule has 2 rings (SSSR count). The number of morpholine rings is 1. The number of hydrogen-bond acceptors (Lipinski definition) is 5. The van der Waals surface area contributed by atoms with Gasteiger partial charge in [0.15, 0.2) is 0 Å². The molecule has 0 spiro atoms. The van der Waals surface area contributed by atoms with Gasteiger partial charge in [-0.05, 0) is 39.7 Å². The average molecular weight is 284 g/mol. The molecule has 2 aliphatic heterocycles. The molecule has 0 radical (unpaired) electrons. The lowest BCUT2D eigenvalue weighted by molar-refractivity contribution is -0.156. The van der Waals surface area contributed by atoms with Gasteiger partial charge in [-0.3, -0.25) is 9.69 Å². The van der Waals surface area contributed by atoms with Gasteiger partial charge in [0, 0.05) is 32.1 Å². The summed E-state index contributed by atoms with van der Waals surface area (Å²) in [6.45, 7) is 11.4. The third kappa shape index (κ3) is 5.04. The van der Waals surface area contributed by atoms with Gasteiger partial charge in [-0.2, -0.15) is 0 Å². The van der Waals surface area contributed by atoms with E-state index >= 15 is 0 Å². The number of nitrogens with one attached hydrogen (secondary N) is 1. The highest BCUT2D eigenvalue weighted by Gasteiger charge is 2.29. The molecule has 5 heteroatoms. The van der Waals surface area contributed by atoms with E-state index in [1.54, 1.807) is 0 Å². The molecule has 1 N–H and O–H groups in total. The van der Waals surface area contributed by atoms with Crippen molar-refractivity contribution in [3.63, 3.8) is 0 Å². The van der Waals surface area contributed by atoms with Crippen molar-refractivity contribution in [2.45, 2.75) is 45.3 Å². The first-order chi connectivity index (χ1) is 9.44. The minimum absolute atomic E-state index is 0.0769. The Morgan fingerprint density at radius 1 is 1.30 bits per heavy atom. The first-order valence-electron chi connectivity index (χ1n) is 7.68. The summed E-state index contributed by atoms with van der Waals surface area (Å²) in [4.78, 5) is 14.4. The van der Waals surface area contributed by atoms with E-state index in [2.05, 4.69) is 10.2 Å². The summed E-state index contributed by atoms with van der Waals surface area (Å²) in [5, 5.41) is 3.46. The first kappa shape index (κ1) is 15.7. The van der Waals surface area contributed by atoms with Crippen molar-refractivity contribution in [2.75, 3.05) is 39.4 Å². The Hall–Kier alpha value is -0.650. The van der Waals surface area contributed by atoms with Gasteiger partial charge in [-0.15, -0.1) is 0 Å². The van der Waals surface area contributed by atoms with E-state index in [4.69, 9.17) is 9.47 Å².